The zero-order valence-electron chi connectivity index (χ0n) is 16.0. The number of rotatable bonds is 6. The Balaban J connectivity index is 2.04. The first-order valence-electron chi connectivity index (χ1n) is 9.08. The standard InChI is InChI=1S/C21H22N4O3/c1-14(2)15(3)22-21(26)20-13-19(16-7-5-4-6-8-16)23-24(20)17-9-11-18(12-10-17)25(27)28/h4-15H,1-3H3,(H,22,26)/t15-/m0/s1. The summed E-state index contributed by atoms with van der Waals surface area (Å²) in [5.74, 6) is 0.0440. The summed E-state index contributed by atoms with van der Waals surface area (Å²) in [5, 5.41) is 18.5. The smallest absolute Gasteiger partial charge is 0.270 e. The second-order valence-electron chi connectivity index (χ2n) is 6.97. The van der Waals surface area contributed by atoms with Gasteiger partial charge in [0.25, 0.3) is 11.6 Å². The Morgan fingerprint density at radius 2 is 1.71 bits per heavy atom. The summed E-state index contributed by atoms with van der Waals surface area (Å²) in [4.78, 5) is 23.4. The van der Waals surface area contributed by atoms with E-state index in [2.05, 4.69) is 10.4 Å². The normalized spacial score (nSPS) is 12.0. The number of hydrogen-bond donors (Lipinski definition) is 1. The molecule has 0 bridgehead atoms. The van der Waals surface area contributed by atoms with E-state index < -0.39 is 4.92 Å². The first-order valence-corrected chi connectivity index (χ1v) is 9.08. The molecule has 0 spiro atoms. The molecule has 28 heavy (non-hydrogen) atoms. The van der Waals surface area contributed by atoms with Crippen molar-refractivity contribution in [1.29, 1.82) is 0 Å². The van der Waals surface area contributed by atoms with Crippen molar-refractivity contribution in [2.24, 2.45) is 5.92 Å². The van der Waals surface area contributed by atoms with E-state index in [0.29, 0.717) is 17.1 Å². The van der Waals surface area contributed by atoms with Crippen LogP contribution < -0.4 is 5.32 Å². The Hall–Kier alpha value is -3.48. The Kier molecular flexibility index (Phi) is 5.54. The number of non-ortho nitro benzene ring substituents is 1. The van der Waals surface area contributed by atoms with Crippen LogP contribution in [-0.2, 0) is 0 Å². The van der Waals surface area contributed by atoms with Gasteiger partial charge in [0.2, 0.25) is 0 Å². The molecule has 1 atom stereocenters. The van der Waals surface area contributed by atoms with Gasteiger partial charge in [-0.25, -0.2) is 4.68 Å². The fourth-order valence-corrected chi connectivity index (χ4v) is 2.65. The van der Waals surface area contributed by atoms with E-state index >= 15 is 0 Å². The number of aromatic nitrogens is 2. The Morgan fingerprint density at radius 3 is 2.29 bits per heavy atom. The van der Waals surface area contributed by atoms with Crippen molar-refractivity contribution in [3.8, 4) is 16.9 Å². The van der Waals surface area contributed by atoms with Crippen molar-refractivity contribution in [3.63, 3.8) is 0 Å². The summed E-state index contributed by atoms with van der Waals surface area (Å²) in [5.41, 5.74) is 2.48. The van der Waals surface area contributed by atoms with Crippen LogP contribution in [0.3, 0.4) is 0 Å². The van der Waals surface area contributed by atoms with E-state index in [9.17, 15) is 14.9 Å². The molecule has 7 nitrogen and oxygen atoms in total. The molecule has 1 amide bonds. The minimum absolute atomic E-state index is 0.00659. The van der Waals surface area contributed by atoms with Crippen molar-refractivity contribution in [2.75, 3.05) is 0 Å². The lowest BCUT2D eigenvalue weighted by Crippen LogP contribution is -2.37. The quantitative estimate of drug-likeness (QED) is 0.513. The number of nitro benzene ring substituents is 1. The summed E-state index contributed by atoms with van der Waals surface area (Å²) in [6.45, 7) is 6.02. The molecule has 3 rings (SSSR count). The highest BCUT2D eigenvalue weighted by Gasteiger charge is 2.20. The number of carbonyl (C=O) groups excluding carboxylic acids is 1. The van der Waals surface area contributed by atoms with E-state index in [4.69, 9.17) is 0 Å². The topological polar surface area (TPSA) is 90.1 Å². The molecule has 0 unspecified atom stereocenters. The first-order chi connectivity index (χ1) is 13.4. The minimum atomic E-state index is -0.458. The molecule has 0 saturated heterocycles. The SMILES string of the molecule is CC(C)[C@H](C)NC(=O)c1cc(-c2ccccc2)nn1-c1ccc([N+](=O)[O-])cc1. The number of benzene rings is 2. The molecule has 1 heterocycles. The molecule has 1 N–H and O–H groups in total. The molecule has 1 aromatic heterocycles. The maximum Gasteiger partial charge on any atom is 0.270 e. The van der Waals surface area contributed by atoms with Crippen LogP contribution in [0.25, 0.3) is 16.9 Å². The molecule has 144 valence electrons. The maximum atomic E-state index is 12.9. The van der Waals surface area contributed by atoms with E-state index in [1.165, 1.54) is 16.8 Å². The van der Waals surface area contributed by atoms with Crippen LogP contribution in [0.2, 0.25) is 0 Å². The van der Waals surface area contributed by atoms with Gasteiger partial charge in [-0.2, -0.15) is 5.10 Å². The van der Waals surface area contributed by atoms with Crippen molar-refractivity contribution < 1.29 is 9.72 Å². The highest BCUT2D eigenvalue weighted by molar-refractivity contribution is 5.94. The summed E-state index contributed by atoms with van der Waals surface area (Å²) in [7, 11) is 0. The second-order valence-corrected chi connectivity index (χ2v) is 6.97. The Labute approximate surface area is 163 Å². The second kappa shape index (κ2) is 8.04. The third-order valence-electron chi connectivity index (χ3n) is 4.68. The zero-order valence-corrected chi connectivity index (χ0v) is 16.0. The van der Waals surface area contributed by atoms with Crippen LogP contribution in [0.4, 0.5) is 5.69 Å². The van der Waals surface area contributed by atoms with E-state index in [0.717, 1.165) is 5.56 Å². The van der Waals surface area contributed by atoms with Gasteiger partial charge in [0.1, 0.15) is 5.69 Å². The molecular formula is C21H22N4O3. The Bertz CT molecular complexity index is 979. The molecule has 0 aliphatic carbocycles. The number of hydrogen-bond acceptors (Lipinski definition) is 4. The summed E-state index contributed by atoms with van der Waals surface area (Å²) in [6.07, 6.45) is 0. The average molecular weight is 378 g/mol. The Morgan fingerprint density at radius 1 is 1.07 bits per heavy atom. The highest BCUT2D eigenvalue weighted by atomic mass is 16.6. The number of nitrogens with one attached hydrogen (secondary N) is 1. The third-order valence-corrected chi connectivity index (χ3v) is 4.68. The minimum Gasteiger partial charge on any atom is -0.348 e. The number of amides is 1. The zero-order chi connectivity index (χ0) is 20.3. The van der Waals surface area contributed by atoms with E-state index in [1.807, 2.05) is 51.1 Å². The molecule has 0 radical (unpaired) electrons. The highest BCUT2D eigenvalue weighted by Crippen LogP contribution is 2.23. The number of nitro groups is 1. The lowest BCUT2D eigenvalue weighted by atomic mass is 10.1. The molecule has 0 aliphatic heterocycles. The monoisotopic (exact) mass is 378 g/mol. The van der Waals surface area contributed by atoms with Crippen molar-refractivity contribution in [2.45, 2.75) is 26.8 Å². The van der Waals surface area contributed by atoms with Crippen LogP contribution in [-0.4, -0.2) is 26.7 Å². The first kappa shape index (κ1) is 19.3. The van der Waals surface area contributed by atoms with Crippen LogP contribution >= 0.6 is 0 Å². The lowest BCUT2D eigenvalue weighted by molar-refractivity contribution is -0.384. The van der Waals surface area contributed by atoms with Crippen LogP contribution in [0.5, 0.6) is 0 Å². The van der Waals surface area contributed by atoms with Crippen molar-refractivity contribution in [1.82, 2.24) is 15.1 Å². The van der Waals surface area contributed by atoms with Gasteiger partial charge in [-0.15, -0.1) is 0 Å². The maximum absolute atomic E-state index is 12.9. The predicted octanol–water partition coefficient (Wildman–Crippen LogP) is 4.22. The van der Waals surface area contributed by atoms with Crippen LogP contribution in [0, 0.1) is 16.0 Å². The third kappa shape index (κ3) is 4.09. The summed E-state index contributed by atoms with van der Waals surface area (Å²) in [6, 6.07) is 17.3. The summed E-state index contributed by atoms with van der Waals surface area (Å²) < 4.78 is 1.52. The van der Waals surface area contributed by atoms with Crippen LogP contribution in [0.15, 0.2) is 60.7 Å². The van der Waals surface area contributed by atoms with Gasteiger partial charge in [0.15, 0.2) is 0 Å². The van der Waals surface area contributed by atoms with Crippen LogP contribution in [0.1, 0.15) is 31.3 Å². The van der Waals surface area contributed by atoms with Crippen molar-refractivity contribution in [3.05, 3.63) is 76.5 Å². The number of nitrogens with zero attached hydrogens (tertiary/aromatic N) is 3. The molecule has 0 aliphatic rings. The molecule has 2 aromatic carbocycles. The predicted molar refractivity (Wildman–Crippen MR) is 107 cm³/mol. The largest absolute Gasteiger partial charge is 0.348 e. The molecular weight excluding hydrogens is 356 g/mol. The van der Waals surface area contributed by atoms with Gasteiger partial charge in [-0.3, -0.25) is 14.9 Å². The summed E-state index contributed by atoms with van der Waals surface area (Å²) >= 11 is 0. The van der Waals surface area contributed by atoms with Gasteiger partial charge in [0.05, 0.1) is 16.3 Å². The van der Waals surface area contributed by atoms with Gasteiger partial charge < -0.3 is 5.32 Å². The lowest BCUT2D eigenvalue weighted by Gasteiger charge is -2.17. The molecule has 0 saturated carbocycles. The molecule has 0 fully saturated rings. The molecule has 3 aromatic rings. The van der Waals surface area contributed by atoms with E-state index in [-0.39, 0.29) is 23.6 Å². The number of carbonyl (C=O) groups is 1. The molecule has 7 heteroatoms. The fraction of sp³-hybridized carbons (Fsp3) is 0.238. The average Bonchev–Trinajstić information content (AvgIpc) is 3.14. The van der Waals surface area contributed by atoms with Gasteiger partial charge >= 0.3 is 0 Å². The van der Waals surface area contributed by atoms with E-state index in [1.54, 1.807) is 18.2 Å². The van der Waals surface area contributed by atoms with Gasteiger partial charge in [-0.1, -0.05) is 44.2 Å². The fourth-order valence-electron chi connectivity index (χ4n) is 2.65. The van der Waals surface area contributed by atoms with Gasteiger partial charge in [0, 0.05) is 23.7 Å². The van der Waals surface area contributed by atoms with Crippen molar-refractivity contribution >= 4 is 11.6 Å². The van der Waals surface area contributed by atoms with Gasteiger partial charge in [-0.05, 0) is 31.0 Å².